The fourth-order valence-electron chi connectivity index (χ4n) is 2.67. The Labute approximate surface area is 181 Å². The van der Waals surface area contributed by atoms with Crippen molar-refractivity contribution in [2.45, 2.75) is 13.5 Å². The first-order chi connectivity index (χ1) is 15.2. The van der Waals surface area contributed by atoms with Gasteiger partial charge in [-0.1, -0.05) is 11.2 Å². The zero-order chi connectivity index (χ0) is 23.8. The molecule has 12 heteroatoms. The van der Waals surface area contributed by atoms with Crippen molar-refractivity contribution in [3.05, 3.63) is 63.3 Å². The number of amides is 2. The van der Waals surface area contributed by atoms with Crippen LogP contribution < -0.4 is 10.8 Å². The van der Waals surface area contributed by atoms with Gasteiger partial charge in [0.15, 0.2) is 11.6 Å². The SMILES string of the molecule is Cc1ccc(Nc2c(C(=O)NOCCN=O)cc(CN(C)C(=O)CO)c(F)c2F)c(F)c1. The van der Waals surface area contributed by atoms with E-state index >= 15 is 0 Å². The lowest BCUT2D eigenvalue weighted by molar-refractivity contribution is -0.133. The maximum Gasteiger partial charge on any atom is 0.277 e. The smallest absolute Gasteiger partial charge is 0.277 e. The standard InChI is InChI=1S/C20H21F3N4O5/c1-11-3-4-15(14(21)7-11)25-19-13(20(30)26-32-6-5-24-31)8-12(17(22)18(19)23)9-27(2)16(29)10-28/h3-4,7-8,25,28H,5-6,9-10H2,1-2H3,(H,26,30). The Morgan fingerprint density at radius 1 is 1.19 bits per heavy atom. The van der Waals surface area contributed by atoms with Gasteiger partial charge in [-0.15, -0.1) is 0 Å². The summed E-state index contributed by atoms with van der Waals surface area (Å²) in [6.45, 7) is -0.210. The second kappa shape index (κ2) is 11.2. The van der Waals surface area contributed by atoms with Crippen LogP contribution in [0.25, 0.3) is 0 Å². The van der Waals surface area contributed by atoms with Crippen molar-refractivity contribution in [3.8, 4) is 0 Å². The van der Waals surface area contributed by atoms with Crippen molar-refractivity contribution >= 4 is 23.2 Å². The number of hydrogen-bond acceptors (Lipinski definition) is 7. The molecule has 0 aliphatic rings. The van der Waals surface area contributed by atoms with Crippen LogP contribution >= 0.6 is 0 Å². The normalized spacial score (nSPS) is 10.6. The molecule has 2 aromatic rings. The maximum atomic E-state index is 15.0. The minimum atomic E-state index is -1.49. The van der Waals surface area contributed by atoms with Gasteiger partial charge < -0.3 is 15.3 Å². The lowest BCUT2D eigenvalue weighted by atomic mass is 10.0. The van der Waals surface area contributed by atoms with Crippen molar-refractivity contribution in [2.75, 3.05) is 32.1 Å². The number of hydroxylamine groups is 1. The summed E-state index contributed by atoms with van der Waals surface area (Å²) in [5.41, 5.74) is 0.839. The number of hydrogen-bond donors (Lipinski definition) is 3. The van der Waals surface area contributed by atoms with Gasteiger partial charge in [0, 0.05) is 19.2 Å². The fourth-order valence-corrected chi connectivity index (χ4v) is 2.67. The van der Waals surface area contributed by atoms with E-state index in [0.717, 1.165) is 17.0 Å². The number of aliphatic hydroxyl groups excluding tert-OH is 1. The maximum absolute atomic E-state index is 15.0. The Hall–Kier alpha value is -3.51. The minimum absolute atomic E-state index is 0.214. The molecule has 0 atom stereocenters. The molecule has 0 aromatic heterocycles. The van der Waals surface area contributed by atoms with Gasteiger partial charge in [0.2, 0.25) is 5.91 Å². The van der Waals surface area contributed by atoms with Crippen LogP contribution in [0.4, 0.5) is 24.5 Å². The summed E-state index contributed by atoms with van der Waals surface area (Å²) in [6, 6.07) is 4.94. The Bertz CT molecular complexity index is 1020. The van der Waals surface area contributed by atoms with E-state index in [1.165, 1.54) is 19.2 Å². The fraction of sp³-hybridized carbons (Fsp3) is 0.300. The molecule has 2 amide bonds. The molecule has 9 nitrogen and oxygen atoms in total. The molecule has 0 fully saturated rings. The number of anilines is 2. The van der Waals surface area contributed by atoms with E-state index < -0.39 is 53.7 Å². The van der Waals surface area contributed by atoms with Crippen molar-refractivity contribution in [1.29, 1.82) is 0 Å². The summed E-state index contributed by atoms with van der Waals surface area (Å²) in [4.78, 5) is 40.0. The third-order valence-corrected chi connectivity index (χ3v) is 4.33. The Morgan fingerprint density at radius 2 is 1.91 bits per heavy atom. The number of nitrogens with one attached hydrogen (secondary N) is 2. The molecule has 0 spiro atoms. The molecule has 0 bridgehead atoms. The number of nitrogens with zero attached hydrogens (tertiary/aromatic N) is 2. The number of carbonyl (C=O) groups excluding carboxylic acids is 2. The van der Waals surface area contributed by atoms with Crippen LogP contribution in [0.1, 0.15) is 21.5 Å². The van der Waals surface area contributed by atoms with Gasteiger partial charge in [0.25, 0.3) is 5.91 Å². The van der Waals surface area contributed by atoms with Crippen LogP contribution in [0.5, 0.6) is 0 Å². The molecular weight excluding hydrogens is 433 g/mol. The molecule has 0 aliphatic carbocycles. The van der Waals surface area contributed by atoms with E-state index in [-0.39, 0.29) is 24.4 Å². The van der Waals surface area contributed by atoms with Gasteiger partial charge in [-0.3, -0.25) is 14.4 Å². The number of aliphatic hydroxyl groups is 1. The summed E-state index contributed by atoms with van der Waals surface area (Å²) in [7, 11) is 1.25. The average molecular weight is 454 g/mol. The van der Waals surface area contributed by atoms with E-state index in [9.17, 15) is 27.7 Å². The summed E-state index contributed by atoms with van der Waals surface area (Å²) in [6.07, 6.45) is 0. The van der Waals surface area contributed by atoms with Gasteiger partial charge in [-0.25, -0.2) is 18.7 Å². The molecule has 172 valence electrons. The molecule has 32 heavy (non-hydrogen) atoms. The van der Waals surface area contributed by atoms with E-state index in [4.69, 9.17) is 9.94 Å². The van der Waals surface area contributed by atoms with Gasteiger partial charge in [-0.05, 0) is 30.7 Å². The van der Waals surface area contributed by atoms with E-state index in [2.05, 4.69) is 10.5 Å². The van der Waals surface area contributed by atoms with Crippen molar-refractivity contribution in [2.24, 2.45) is 5.18 Å². The van der Waals surface area contributed by atoms with Gasteiger partial charge >= 0.3 is 0 Å². The first-order valence-corrected chi connectivity index (χ1v) is 9.29. The zero-order valence-electron chi connectivity index (χ0n) is 17.2. The second-order valence-electron chi connectivity index (χ2n) is 6.73. The van der Waals surface area contributed by atoms with Gasteiger partial charge in [0.1, 0.15) is 19.0 Å². The lowest BCUT2D eigenvalue weighted by Crippen LogP contribution is -2.30. The first-order valence-electron chi connectivity index (χ1n) is 9.29. The third-order valence-electron chi connectivity index (χ3n) is 4.33. The molecule has 0 saturated heterocycles. The van der Waals surface area contributed by atoms with Crippen molar-refractivity contribution in [3.63, 3.8) is 0 Å². The number of rotatable bonds is 10. The monoisotopic (exact) mass is 454 g/mol. The van der Waals surface area contributed by atoms with E-state index in [1.54, 1.807) is 6.92 Å². The average Bonchev–Trinajstić information content (AvgIpc) is 2.76. The highest BCUT2D eigenvalue weighted by Crippen LogP contribution is 2.31. The topological polar surface area (TPSA) is 120 Å². The Kier molecular flexibility index (Phi) is 8.67. The predicted octanol–water partition coefficient (Wildman–Crippen LogP) is 2.53. The third kappa shape index (κ3) is 6.02. The molecule has 0 unspecified atom stereocenters. The summed E-state index contributed by atoms with van der Waals surface area (Å²) in [5.74, 6) is -5.42. The molecule has 0 saturated carbocycles. The van der Waals surface area contributed by atoms with Crippen LogP contribution in [-0.4, -0.2) is 48.6 Å². The summed E-state index contributed by atoms with van der Waals surface area (Å²) < 4.78 is 44.0. The van der Waals surface area contributed by atoms with Crippen LogP contribution in [0.2, 0.25) is 0 Å². The van der Waals surface area contributed by atoms with E-state index in [1.807, 2.05) is 5.48 Å². The molecular formula is C20H21F3N4O5. The largest absolute Gasteiger partial charge is 0.387 e. The van der Waals surface area contributed by atoms with Crippen LogP contribution in [0.15, 0.2) is 29.4 Å². The molecule has 0 heterocycles. The second-order valence-corrected chi connectivity index (χ2v) is 6.73. The van der Waals surface area contributed by atoms with Crippen molar-refractivity contribution < 1.29 is 32.7 Å². The highest BCUT2D eigenvalue weighted by Gasteiger charge is 2.25. The molecule has 3 N–H and O–H groups in total. The van der Waals surface area contributed by atoms with Gasteiger partial charge in [-0.2, -0.15) is 4.91 Å². The number of carbonyl (C=O) groups is 2. The number of benzene rings is 2. The highest BCUT2D eigenvalue weighted by atomic mass is 19.2. The lowest BCUT2D eigenvalue weighted by Gasteiger charge is -2.20. The number of nitroso groups, excluding NO2 is 1. The molecule has 2 aromatic carbocycles. The quantitative estimate of drug-likeness (QED) is 0.288. The number of likely N-dealkylation sites (N-methyl/N-ethyl adjacent to an activating group) is 1. The molecule has 0 radical (unpaired) electrons. The van der Waals surface area contributed by atoms with E-state index in [0.29, 0.717) is 5.56 Å². The Balaban J connectivity index is 2.49. The first kappa shape index (κ1) is 24.8. The number of aryl methyl sites for hydroxylation is 1. The summed E-state index contributed by atoms with van der Waals surface area (Å²) >= 11 is 0. The molecule has 0 aliphatic heterocycles. The predicted molar refractivity (Wildman–Crippen MR) is 108 cm³/mol. The molecule has 2 rings (SSSR count). The number of halogens is 3. The summed E-state index contributed by atoms with van der Waals surface area (Å²) in [5, 5.41) is 13.9. The van der Waals surface area contributed by atoms with Crippen molar-refractivity contribution in [1.82, 2.24) is 10.4 Å². The highest BCUT2D eigenvalue weighted by molar-refractivity contribution is 6.00. The Morgan fingerprint density at radius 3 is 2.53 bits per heavy atom. The van der Waals surface area contributed by atoms with Crippen LogP contribution in [0.3, 0.4) is 0 Å². The van der Waals surface area contributed by atoms with Gasteiger partial charge in [0.05, 0.1) is 23.5 Å². The zero-order valence-corrected chi connectivity index (χ0v) is 17.2. The van der Waals surface area contributed by atoms with Crippen LogP contribution in [0, 0.1) is 29.3 Å². The van der Waals surface area contributed by atoms with Crippen LogP contribution in [-0.2, 0) is 16.2 Å². The minimum Gasteiger partial charge on any atom is -0.387 e.